The molecule has 2 aromatic heterocycles. The molecule has 0 unspecified atom stereocenters. The molecule has 4 aromatic rings. The van der Waals surface area contributed by atoms with Crippen LogP contribution in [0.15, 0.2) is 47.3 Å². The molecule has 0 spiro atoms. The molecule has 0 fully saturated rings. The molecule has 1 aliphatic carbocycles. The average Bonchev–Trinajstić information content (AvgIpc) is 2.88. The fraction of sp³-hybridized carbons (Fsp3) is 0. The van der Waals surface area contributed by atoms with E-state index in [0.717, 1.165) is 10.1 Å². The Kier molecular flexibility index (Phi) is 2.84. The predicted molar refractivity (Wildman–Crippen MR) is 95.7 cm³/mol. The molecule has 5 rings (SSSR count). The Morgan fingerprint density at radius 2 is 1.68 bits per heavy atom. The van der Waals surface area contributed by atoms with Crippen LogP contribution in [-0.2, 0) is 0 Å². The van der Waals surface area contributed by atoms with E-state index in [4.69, 9.17) is 23.2 Å². The molecule has 1 aliphatic rings. The van der Waals surface area contributed by atoms with Crippen molar-refractivity contribution in [1.82, 2.24) is 14.6 Å². The number of hydrogen-bond acceptors (Lipinski definition) is 4. The van der Waals surface area contributed by atoms with Crippen molar-refractivity contribution in [3.63, 3.8) is 0 Å². The van der Waals surface area contributed by atoms with Crippen LogP contribution in [0.25, 0.3) is 27.7 Å². The number of fused-ring (bicyclic) bond motifs is 5. The maximum Gasteiger partial charge on any atom is 0.282 e. The summed E-state index contributed by atoms with van der Waals surface area (Å²) in [4.78, 5) is 29.8. The molecule has 0 saturated heterocycles. The minimum Gasteiger partial charge on any atom is -0.287 e. The Morgan fingerprint density at radius 3 is 2.48 bits per heavy atom. The van der Waals surface area contributed by atoms with Gasteiger partial charge in [-0.15, -0.1) is 0 Å². The Morgan fingerprint density at radius 1 is 0.920 bits per heavy atom. The SMILES string of the molecule is O=C1c2ccccc2-c2cc3nc4c(Cl)cc(Cl)cc4c(=O)n3nc21. The lowest BCUT2D eigenvalue weighted by atomic mass is 10.1. The van der Waals surface area contributed by atoms with Crippen molar-refractivity contribution in [2.45, 2.75) is 0 Å². The first kappa shape index (κ1) is 14.6. The Bertz CT molecular complexity index is 1310. The van der Waals surface area contributed by atoms with E-state index in [1.807, 2.05) is 12.1 Å². The molecule has 0 amide bonds. The highest BCUT2D eigenvalue weighted by atomic mass is 35.5. The lowest BCUT2D eigenvalue weighted by Crippen LogP contribution is -2.20. The van der Waals surface area contributed by atoms with Crippen LogP contribution in [-0.4, -0.2) is 20.4 Å². The summed E-state index contributed by atoms with van der Waals surface area (Å²) < 4.78 is 1.12. The van der Waals surface area contributed by atoms with Crippen molar-refractivity contribution in [1.29, 1.82) is 0 Å². The third-order valence-electron chi connectivity index (χ3n) is 4.30. The van der Waals surface area contributed by atoms with E-state index in [0.29, 0.717) is 32.3 Å². The normalized spacial score (nSPS) is 12.6. The van der Waals surface area contributed by atoms with Crippen molar-refractivity contribution >= 4 is 45.5 Å². The van der Waals surface area contributed by atoms with Gasteiger partial charge in [-0.3, -0.25) is 9.59 Å². The summed E-state index contributed by atoms with van der Waals surface area (Å²) in [5.41, 5.74) is 2.52. The van der Waals surface area contributed by atoms with Crippen molar-refractivity contribution in [2.75, 3.05) is 0 Å². The van der Waals surface area contributed by atoms with Crippen LogP contribution >= 0.6 is 23.2 Å². The number of rotatable bonds is 0. The lowest BCUT2D eigenvalue weighted by Gasteiger charge is -2.06. The first-order valence-corrected chi connectivity index (χ1v) is 8.17. The summed E-state index contributed by atoms with van der Waals surface area (Å²) in [5.74, 6) is -0.205. The van der Waals surface area contributed by atoms with Crippen LogP contribution in [0.3, 0.4) is 0 Å². The number of hydrogen-bond donors (Lipinski definition) is 0. The van der Waals surface area contributed by atoms with Gasteiger partial charge in [-0.2, -0.15) is 9.61 Å². The molecule has 0 atom stereocenters. The van der Waals surface area contributed by atoms with Gasteiger partial charge in [0, 0.05) is 16.1 Å². The second-order valence-corrected chi connectivity index (χ2v) is 6.60. The fourth-order valence-electron chi connectivity index (χ4n) is 3.18. The topological polar surface area (TPSA) is 64.3 Å². The van der Waals surface area contributed by atoms with Gasteiger partial charge in [0.1, 0.15) is 5.69 Å². The van der Waals surface area contributed by atoms with Crippen molar-refractivity contribution in [2.24, 2.45) is 0 Å². The molecule has 25 heavy (non-hydrogen) atoms. The van der Waals surface area contributed by atoms with Crippen molar-refractivity contribution < 1.29 is 4.79 Å². The van der Waals surface area contributed by atoms with Gasteiger partial charge in [0.05, 0.1) is 15.9 Å². The summed E-state index contributed by atoms with van der Waals surface area (Å²) in [6.07, 6.45) is 0. The lowest BCUT2D eigenvalue weighted by molar-refractivity contribution is 0.103. The highest BCUT2D eigenvalue weighted by molar-refractivity contribution is 6.38. The summed E-state index contributed by atoms with van der Waals surface area (Å²) >= 11 is 12.2. The van der Waals surface area contributed by atoms with Crippen LogP contribution in [0.2, 0.25) is 10.0 Å². The van der Waals surface area contributed by atoms with E-state index in [-0.39, 0.29) is 16.9 Å². The number of carbonyl (C=O) groups excluding carboxylic acids is 1. The molecular formula is C18H7Cl2N3O2. The third-order valence-corrected chi connectivity index (χ3v) is 4.81. The Balaban J connectivity index is 1.95. The molecule has 0 saturated carbocycles. The first-order chi connectivity index (χ1) is 12.0. The number of halogens is 2. The van der Waals surface area contributed by atoms with Crippen molar-refractivity contribution in [3.05, 3.63) is 74.1 Å². The maximum atomic E-state index is 12.8. The number of carbonyl (C=O) groups is 1. The Labute approximate surface area is 150 Å². The molecule has 5 nitrogen and oxygen atoms in total. The van der Waals surface area contributed by atoms with E-state index in [1.165, 1.54) is 12.1 Å². The van der Waals surface area contributed by atoms with Gasteiger partial charge in [-0.25, -0.2) is 4.98 Å². The fourth-order valence-corrected chi connectivity index (χ4v) is 3.72. The number of aromatic nitrogens is 3. The molecule has 2 aromatic carbocycles. The van der Waals surface area contributed by atoms with Crippen LogP contribution in [0.1, 0.15) is 16.1 Å². The van der Waals surface area contributed by atoms with E-state index in [1.54, 1.807) is 18.2 Å². The summed E-state index contributed by atoms with van der Waals surface area (Å²) in [7, 11) is 0. The molecule has 7 heteroatoms. The monoisotopic (exact) mass is 367 g/mol. The zero-order valence-electron chi connectivity index (χ0n) is 12.5. The zero-order chi connectivity index (χ0) is 17.3. The quantitative estimate of drug-likeness (QED) is 0.391. The first-order valence-electron chi connectivity index (χ1n) is 7.41. The molecule has 0 radical (unpaired) electrons. The molecule has 120 valence electrons. The smallest absolute Gasteiger partial charge is 0.282 e. The highest BCUT2D eigenvalue weighted by Gasteiger charge is 2.29. The van der Waals surface area contributed by atoms with E-state index >= 15 is 0 Å². The van der Waals surface area contributed by atoms with E-state index < -0.39 is 5.56 Å². The molecular weight excluding hydrogens is 361 g/mol. The summed E-state index contributed by atoms with van der Waals surface area (Å²) in [5, 5.41) is 5.15. The van der Waals surface area contributed by atoms with Crippen LogP contribution in [0.5, 0.6) is 0 Å². The molecule has 0 bridgehead atoms. The molecule has 2 heterocycles. The van der Waals surface area contributed by atoms with Crippen LogP contribution in [0.4, 0.5) is 0 Å². The van der Waals surface area contributed by atoms with Crippen LogP contribution in [0, 0.1) is 0 Å². The van der Waals surface area contributed by atoms with E-state index in [2.05, 4.69) is 10.1 Å². The van der Waals surface area contributed by atoms with E-state index in [9.17, 15) is 9.59 Å². The van der Waals surface area contributed by atoms with Gasteiger partial charge in [0.2, 0.25) is 5.78 Å². The van der Waals surface area contributed by atoms with Gasteiger partial charge in [0.15, 0.2) is 5.65 Å². The third kappa shape index (κ3) is 1.91. The minimum atomic E-state index is -0.420. The summed E-state index contributed by atoms with van der Waals surface area (Å²) in [6.45, 7) is 0. The van der Waals surface area contributed by atoms with Crippen molar-refractivity contribution in [3.8, 4) is 11.1 Å². The number of benzene rings is 2. The largest absolute Gasteiger partial charge is 0.287 e. The van der Waals surface area contributed by atoms with Gasteiger partial charge >= 0.3 is 0 Å². The second-order valence-electron chi connectivity index (χ2n) is 5.75. The van der Waals surface area contributed by atoms with Gasteiger partial charge in [-0.05, 0) is 23.8 Å². The molecule has 0 N–H and O–H groups in total. The highest BCUT2D eigenvalue weighted by Crippen LogP contribution is 2.35. The zero-order valence-corrected chi connectivity index (χ0v) is 14.0. The number of ketones is 1. The average molecular weight is 368 g/mol. The predicted octanol–water partition coefficient (Wildman–Crippen LogP) is 3.76. The summed E-state index contributed by atoms with van der Waals surface area (Å²) in [6, 6.07) is 12.0. The second kappa shape index (κ2) is 4.88. The van der Waals surface area contributed by atoms with Gasteiger partial charge < -0.3 is 0 Å². The van der Waals surface area contributed by atoms with Gasteiger partial charge in [-0.1, -0.05) is 47.5 Å². The standard InChI is InChI=1S/C18H7Cl2N3O2/c19-8-5-12-15(13(20)6-8)21-14-7-11-9-3-1-2-4-10(9)17(24)16(11)22-23(14)18(12)25/h1-7H. The van der Waals surface area contributed by atoms with Gasteiger partial charge in [0.25, 0.3) is 5.56 Å². The van der Waals surface area contributed by atoms with Crippen LogP contribution < -0.4 is 5.56 Å². The number of nitrogens with zero attached hydrogens (tertiary/aromatic N) is 3. The molecule has 0 aliphatic heterocycles. The maximum absolute atomic E-state index is 12.8. The minimum absolute atomic E-state index is 0.205. The Hall–Kier alpha value is -2.76.